The minimum absolute atomic E-state index is 0.0103. The van der Waals surface area contributed by atoms with Gasteiger partial charge in [0.05, 0.1) is 33.2 Å². The van der Waals surface area contributed by atoms with Crippen molar-refractivity contribution in [3.8, 4) is 5.75 Å². The number of benzene rings is 2. The van der Waals surface area contributed by atoms with Crippen LogP contribution in [-0.2, 0) is 10.8 Å². The molecule has 2 aromatic carbocycles. The van der Waals surface area contributed by atoms with Gasteiger partial charge in [0, 0.05) is 18.5 Å². The Bertz CT molecular complexity index is 1400. The summed E-state index contributed by atoms with van der Waals surface area (Å²) in [4.78, 5) is 12.5. The first-order valence-electron chi connectivity index (χ1n) is 14.2. The molecule has 1 aromatic heterocycles. The number of nitrogens with zero attached hydrogens (tertiary/aromatic N) is 3. The van der Waals surface area contributed by atoms with E-state index in [2.05, 4.69) is 51.9 Å². The highest BCUT2D eigenvalue weighted by atomic mass is 32.2. The summed E-state index contributed by atoms with van der Waals surface area (Å²) in [5.41, 5.74) is 4.97. The van der Waals surface area contributed by atoms with Gasteiger partial charge in [-0.15, -0.1) is 0 Å². The van der Waals surface area contributed by atoms with E-state index in [4.69, 9.17) is 15.1 Å². The Morgan fingerprint density at radius 1 is 1.07 bits per heavy atom. The van der Waals surface area contributed by atoms with Gasteiger partial charge in [0.2, 0.25) is 5.95 Å². The molecule has 0 bridgehead atoms. The van der Waals surface area contributed by atoms with Crippen molar-refractivity contribution in [1.29, 1.82) is 5.41 Å². The van der Waals surface area contributed by atoms with E-state index in [1.807, 2.05) is 52.0 Å². The number of anilines is 5. The highest BCUT2D eigenvalue weighted by molar-refractivity contribution is 7.85. The molecule has 0 amide bonds. The maximum Gasteiger partial charge on any atom is 0.230 e. The fourth-order valence-electron chi connectivity index (χ4n) is 5.13. The number of hydrogen-bond acceptors (Lipinski definition) is 9. The second-order valence-corrected chi connectivity index (χ2v) is 13.1. The van der Waals surface area contributed by atoms with Gasteiger partial charge in [0.1, 0.15) is 17.1 Å². The number of aryl methyl sites for hydroxylation is 1. The van der Waals surface area contributed by atoms with Gasteiger partial charge in [0.25, 0.3) is 0 Å². The van der Waals surface area contributed by atoms with Crippen molar-refractivity contribution in [3.05, 3.63) is 53.2 Å². The van der Waals surface area contributed by atoms with Crippen LogP contribution >= 0.6 is 0 Å². The molecule has 3 aromatic rings. The Labute approximate surface area is 246 Å². The van der Waals surface area contributed by atoms with Crippen LogP contribution in [0.2, 0.25) is 0 Å². The lowest BCUT2D eigenvalue weighted by atomic mass is 9.86. The summed E-state index contributed by atoms with van der Waals surface area (Å²) >= 11 is 0. The van der Waals surface area contributed by atoms with Crippen molar-refractivity contribution in [2.24, 2.45) is 0 Å². The molecule has 41 heavy (non-hydrogen) atoms. The summed E-state index contributed by atoms with van der Waals surface area (Å²) in [6, 6.07) is 11.8. The molecule has 1 aliphatic heterocycles. The van der Waals surface area contributed by atoms with Crippen molar-refractivity contribution in [2.75, 3.05) is 43.1 Å². The van der Waals surface area contributed by atoms with E-state index < -0.39 is 10.8 Å². The highest BCUT2D eigenvalue weighted by Gasteiger charge is 2.23. The molecule has 220 valence electrons. The van der Waals surface area contributed by atoms with Gasteiger partial charge in [-0.2, -0.15) is 4.98 Å². The molecule has 1 saturated heterocycles. The van der Waals surface area contributed by atoms with Crippen molar-refractivity contribution in [3.63, 3.8) is 0 Å². The lowest BCUT2D eigenvalue weighted by Gasteiger charge is -2.30. The maximum atomic E-state index is 13.0. The lowest BCUT2D eigenvalue weighted by Crippen LogP contribution is -2.29. The Morgan fingerprint density at radius 3 is 2.41 bits per heavy atom. The Hall–Kier alpha value is -3.50. The van der Waals surface area contributed by atoms with Crippen LogP contribution in [0.25, 0.3) is 0 Å². The van der Waals surface area contributed by atoms with Crippen LogP contribution in [0.1, 0.15) is 63.3 Å². The van der Waals surface area contributed by atoms with E-state index in [9.17, 15) is 4.21 Å². The first kappa shape index (κ1) is 30.5. The molecule has 9 nitrogen and oxygen atoms in total. The van der Waals surface area contributed by atoms with Gasteiger partial charge < -0.3 is 31.0 Å². The number of piperidine rings is 1. The van der Waals surface area contributed by atoms with E-state index in [1.165, 1.54) is 17.3 Å². The van der Waals surface area contributed by atoms with E-state index in [0.717, 1.165) is 37.4 Å². The summed E-state index contributed by atoms with van der Waals surface area (Å²) in [5.74, 6) is 2.05. The highest BCUT2D eigenvalue weighted by Crippen LogP contribution is 2.38. The Morgan fingerprint density at radius 2 is 1.78 bits per heavy atom. The number of para-hydroxylation sites is 1. The normalized spacial score (nSPS) is 15.1. The zero-order valence-electron chi connectivity index (χ0n) is 25.2. The van der Waals surface area contributed by atoms with Gasteiger partial charge in [0.15, 0.2) is 5.82 Å². The molecule has 1 fully saturated rings. The van der Waals surface area contributed by atoms with E-state index >= 15 is 0 Å². The smallest absolute Gasteiger partial charge is 0.230 e. The van der Waals surface area contributed by atoms with Crippen molar-refractivity contribution >= 4 is 45.8 Å². The molecule has 4 rings (SSSR count). The zero-order valence-corrected chi connectivity index (χ0v) is 26.0. The van der Waals surface area contributed by atoms with Crippen molar-refractivity contribution in [2.45, 2.75) is 69.6 Å². The Balaban J connectivity index is 1.73. The monoisotopic (exact) mass is 577 g/mol. The van der Waals surface area contributed by atoms with E-state index in [1.54, 1.807) is 7.05 Å². The minimum Gasteiger partial charge on any atom is -0.489 e. The summed E-state index contributed by atoms with van der Waals surface area (Å²) in [6.07, 6.45) is 3.44. The predicted molar refractivity (Wildman–Crippen MR) is 170 cm³/mol. The van der Waals surface area contributed by atoms with Gasteiger partial charge in [-0.1, -0.05) is 26.0 Å². The third-order valence-corrected chi connectivity index (χ3v) is 8.89. The van der Waals surface area contributed by atoms with Crippen LogP contribution in [0.3, 0.4) is 0 Å². The molecular weight excluding hydrogens is 534 g/mol. The maximum absolute atomic E-state index is 13.0. The average Bonchev–Trinajstić information content (AvgIpc) is 2.94. The van der Waals surface area contributed by atoms with Crippen molar-refractivity contribution in [1.82, 2.24) is 14.9 Å². The van der Waals surface area contributed by atoms with Crippen LogP contribution in [0, 0.1) is 12.3 Å². The second kappa shape index (κ2) is 13.4. The number of ether oxygens (including phenoxy) is 1. The average molecular weight is 578 g/mol. The molecule has 0 saturated carbocycles. The fourth-order valence-corrected chi connectivity index (χ4v) is 6.19. The molecule has 1 aliphatic rings. The third kappa shape index (κ3) is 7.23. The molecular formula is C31H43N7O2S. The minimum atomic E-state index is -1.20. The van der Waals surface area contributed by atoms with Gasteiger partial charge in [-0.05, 0) is 95.1 Å². The molecule has 1 atom stereocenters. The van der Waals surface area contributed by atoms with Gasteiger partial charge in [-0.3, -0.25) is 4.21 Å². The van der Waals surface area contributed by atoms with Crippen LogP contribution in [0.15, 0.2) is 41.3 Å². The summed E-state index contributed by atoms with van der Waals surface area (Å²) in [5, 5.41) is 17.9. The molecule has 1 unspecified atom stereocenters. The van der Waals surface area contributed by atoms with Crippen LogP contribution in [0.5, 0.6) is 5.75 Å². The number of nitrogens with one attached hydrogen (secondary N) is 4. The number of aromatic nitrogens is 2. The number of hydrogen-bond donors (Lipinski definition) is 4. The zero-order chi connectivity index (χ0) is 29.7. The quantitative estimate of drug-likeness (QED) is 0.193. The third-order valence-electron chi connectivity index (χ3n) is 7.24. The predicted octanol–water partition coefficient (Wildman–Crippen LogP) is 6.42. The largest absolute Gasteiger partial charge is 0.489 e. The standard InChI is InChI=1S/C31H43N7O2S/c1-19(2)40-27-17-23(22-12-14-38(7)15-13-22)21(5)16-25(27)35-31-36-26(18-32)29(33-6)30(37-31)34-24-10-8-9-11-28(24)41(39)20(3)4/h8-11,16-20,22,32-33H,12-15H2,1-7H3,(H2,34,35,36,37). The van der Waals surface area contributed by atoms with Crippen LogP contribution < -0.4 is 20.7 Å². The van der Waals surface area contributed by atoms with E-state index in [0.29, 0.717) is 39.6 Å². The Kier molecular flexibility index (Phi) is 9.99. The first-order chi connectivity index (χ1) is 19.6. The van der Waals surface area contributed by atoms with E-state index in [-0.39, 0.29) is 11.4 Å². The molecule has 10 heteroatoms. The van der Waals surface area contributed by atoms with Gasteiger partial charge >= 0.3 is 0 Å². The van der Waals surface area contributed by atoms with Crippen molar-refractivity contribution < 1.29 is 8.95 Å². The number of likely N-dealkylation sites (tertiary alicyclic amines) is 1. The van der Waals surface area contributed by atoms with Crippen LogP contribution in [-0.4, -0.2) is 63.8 Å². The first-order valence-corrected chi connectivity index (χ1v) is 15.5. The molecule has 0 radical (unpaired) electrons. The molecule has 2 heterocycles. The van der Waals surface area contributed by atoms with Gasteiger partial charge in [-0.25, -0.2) is 4.98 Å². The molecule has 4 N–H and O–H groups in total. The summed E-state index contributed by atoms with van der Waals surface area (Å²) in [6.45, 7) is 12.2. The second-order valence-electron chi connectivity index (χ2n) is 11.1. The SMILES string of the molecule is CNc1c(C=N)nc(Nc2cc(C)c(C3CCN(C)CC3)cc2OC(C)C)nc1Nc1ccccc1S(=O)C(C)C. The summed E-state index contributed by atoms with van der Waals surface area (Å²) < 4.78 is 19.3. The summed E-state index contributed by atoms with van der Waals surface area (Å²) in [7, 11) is 2.75. The topological polar surface area (TPSA) is 115 Å². The van der Waals surface area contributed by atoms with Crippen LogP contribution in [0.4, 0.5) is 28.8 Å². The molecule has 0 spiro atoms. The molecule has 0 aliphatic carbocycles. The number of rotatable bonds is 11. The lowest BCUT2D eigenvalue weighted by molar-refractivity contribution is 0.241. The fraction of sp³-hybridized carbons (Fsp3) is 0.452.